The molecule has 238 valence electrons. The number of carbonyl (C=O) groups excluding carboxylic acids is 4. The van der Waals surface area contributed by atoms with Crippen molar-refractivity contribution in [1.82, 2.24) is 15.5 Å². The molecule has 0 spiro atoms. The van der Waals surface area contributed by atoms with Crippen molar-refractivity contribution in [3.8, 4) is 0 Å². The Morgan fingerprint density at radius 3 is 1.83 bits per heavy atom. The number of hydrogen-bond acceptors (Lipinski definition) is 6. The van der Waals surface area contributed by atoms with Gasteiger partial charge in [-0.1, -0.05) is 85.7 Å². The second kappa shape index (κ2) is 17.9. The smallest absolute Gasteiger partial charge is 0.324 e. The number of nitrogens with two attached hydrogens (primary N) is 1. The van der Waals surface area contributed by atoms with Crippen molar-refractivity contribution in [1.29, 1.82) is 0 Å². The van der Waals surface area contributed by atoms with E-state index in [0.717, 1.165) is 12.0 Å². The zero-order valence-corrected chi connectivity index (χ0v) is 27.5. The predicted octanol–water partition coefficient (Wildman–Crippen LogP) is 4.08. The van der Waals surface area contributed by atoms with Gasteiger partial charge in [0, 0.05) is 13.1 Å². The lowest BCUT2D eigenvalue weighted by molar-refractivity contribution is -0.163. The van der Waals surface area contributed by atoms with E-state index in [1.54, 1.807) is 7.05 Å². The standard InChI is InChI=1S/C33H56N4O5/c1-20(2)16-24(9)35-31(39)29(23(7)8)36-30(38)27(17-21(3)4)37(10)32(40)28(18-22(5)6)42-33(41)26(34)19-25-14-12-11-13-15-25/h11-15,20-24,26-29H,16-19,34H2,1-10H3,(H,35,39)(H,36,38)/t24-,26+,27+,28?,29?/m1/s1. The quantitative estimate of drug-likeness (QED) is 0.235. The van der Waals surface area contributed by atoms with Gasteiger partial charge in [-0.2, -0.15) is 0 Å². The first-order chi connectivity index (χ1) is 19.5. The van der Waals surface area contributed by atoms with Crippen LogP contribution in [0, 0.1) is 23.7 Å². The molecule has 0 fully saturated rings. The van der Waals surface area contributed by atoms with Crippen molar-refractivity contribution in [2.24, 2.45) is 29.4 Å². The van der Waals surface area contributed by atoms with Crippen LogP contribution in [0.3, 0.4) is 0 Å². The molecule has 2 unspecified atom stereocenters. The van der Waals surface area contributed by atoms with Crippen molar-refractivity contribution in [2.45, 2.75) is 118 Å². The van der Waals surface area contributed by atoms with E-state index in [-0.39, 0.29) is 42.5 Å². The van der Waals surface area contributed by atoms with Crippen LogP contribution in [-0.4, -0.2) is 65.9 Å². The highest BCUT2D eigenvalue weighted by molar-refractivity contribution is 5.93. The number of likely N-dealkylation sites (N-methyl/N-ethyl adjacent to an activating group) is 1. The molecule has 9 heteroatoms. The Morgan fingerprint density at radius 1 is 0.786 bits per heavy atom. The van der Waals surface area contributed by atoms with E-state index < -0.39 is 42.0 Å². The number of hydrogen-bond donors (Lipinski definition) is 3. The van der Waals surface area contributed by atoms with E-state index >= 15 is 0 Å². The lowest BCUT2D eigenvalue weighted by Gasteiger charge is -2.33. The van der Waals surface area contributed by atoms with E-state index in [1.807, 2.05) is 78.8 Å². The third-order valence-electron chi connectivity index (χ3n) is 7.09. The Balaban J connectivity index is 3.12. The van der Waals surface area contributed by atoms with Gasteiger partial charge in [-0.25, -0.2) is 0 Å². The van der Waals surface area contributed by atoms with Crippen LogP contribution in [-0.2, 0) is 30.3 Å². The summed E-state index contributed by atoms with van der Waals surface area (Å²) >= 11 is 0. The van der Waals surface area contributed by atoms with Crippen LogP contribution in [0.15, 0.2) is 30.3 Å². The van der Waals surface area contributed by atoms with Gasteiger partial charge in [-0.3, -0.25) is 19.2 Å². The Hall–Kier alpha value is -2.94. The molecule has 0 aliphatic heterocycles. The van der Waals surface area contributed by atoms with Gasteiger partial charge in [0.25, 0.3) is 5.91 Å². The molecule has 5 atom stereocenters. The van der Waals surface area contributed by atoms with Crippen LogP contribution in [0.1, 0.15) is 87.1 Å². The third kappa shape index (κ3) is 12.9. The second-order valence-corrected chi connectivity index (χ2v) is 13.2. The summed E-state index contributed by atoms with van der Waals surface area (Å²) in [7, 11) is 1.55. The molecule has 0 aromatic heterocycles. The SMILES string of the molecule is CC(C)CC(OC(=O)[C@@H](N)Cc1ccccc1)C(=O)N(C)[C@@H](CC(C)C)C(=O)NC(C(=O)N[C@H](C)CC(C)C)C(C)C. The Kier molecular flexibility index (Phi) is 15.8. The van der Waals surface area contributed by atoms with Crippen molar-refractivity contribution in [3.63, 3.8) is 0 Å². The molecular weight excluding hydrogens is 532 g/mol. The van der Waals surface area contributed by atoms with Crippen LogP contribution in [0.4, 0.5) is 0 Å². The maximum Gasteiger partial charge on any atom is 0.324 e. The normalized spacial score (nSPS) is 15.2. The first-order valence-electron chi connectivity index (χ1n) is 15.4. The fourth-order valence-electron chi connectivity index (χ4n) is 4.96. The van der Waals surface area contributed by atoms with E-state index in [4.69, 9.17) is 10.5 Å². The number of nitrogens with zero attached hydrogens (tertiary/aromatic N) is 1. The molecule has 0 aliphatic carbocycles. The fraction of sp³-hybridized carbons (Fsp3) is 0.697. The van der Waals surface area contributed by atoms with Crippen LogP contribution >= 0.6 is 0 Å². The van der Waals surface area contributed by atoms with Gasteiger partial charge in [-0.15, -0.1) is 0 Å². The summed E-state index contributed by atoms with van der Waals surface area (Å²) < 4.78 is 5.70. The number of esters is 1. The monoisotopic (exact) mass is 588 g/mol. The fourth-order valence-corrected chi connectivity index (χ4v) is 4.96. The largest absolute Gasteiger partial charge is 0.451 e. The van der Waals surface area contributed by atoms with E-state index in [1.165, 1.54) is 4.90 Å². The lowest BCUT2D eigenvalue weighted by Crippen LogP contribution is -2.58. The van der Waals surface area contributed by atoms with Gasteiger partial charge in [0.15, 0.2) is 6.10 Å². The number of amides is 3. The Morgan fingerprint density at radius 2 is 1.33 bits per heavy atom. The van der Waals surface area contributed by atoms with Crippen molar-refractivity contribution in [3.05, 3.63) is 35.9 Å². The number of rotatable bonds is 17. The lowest BCUT2D eigenvalue weighted by atomic mass is 9.97. The summed E-state index contributed by atoms with van der Waals surface area (Å²) in [5, 5.41) is 5.92. The van der Waals surface area contributed by atoms with Gasteiger partial charge < -0.3 is 26.0 Å². The summed E-state index contributed by atoms with van der Waals surface area (Å²) in [6, 6.07) is 6.79. The minimum absolute atomic E-state index is 0.0360. The molecule has 0 bridgehead atoms. The molecule has 1 aromatic carbocycles. The predicted molar refractivity (Wildman–Crippen MR) is 167 cm³/mol. The van der Waals surface area contributed by atoms with Crippen LogP contribution < -0.4 is 16.4 Å². The molecule has 0 aliphatic rings. The first kappa shape index (κ1) is 37.1. The molecule has 3 amide bonds. The van der Waals surface area contributed by atoms with Crippen molar-refractivity contribution in [2.75, 3.05) is 7.05 Å². The van der Waals surface area contributed by atoms with Gasteiger partial charge in [-0.05, 0) is 61.8 Å². The van der Waals surface area contributed by atoms with E-state index in [9.17, 15) is 19.2 Å². The minimum atomic E-state index is -1.09. The summed E-state index contributed by atoms with van der Waals surface area (Å²) in [5.41, 5.74) is 7.04. The number of benzene rings is 1. The van der Waals surface area contributed by atoms with Crippen LogP contribution in [0.2, 0.25) is 0 Å². The van der Waals surface area contributed by atoms with Crippen LogP contribution in [0.25, 0.3) is 0 Å². The van der Waals surface area contributed by atoms with Gasteiger partial charge in [0.05, 0.1) is 0 Å². The molecule has 0 saturated heterocycles. The highest BCUT2D eigenvalue weighted by atomic mass is 16.5. The molecule has 1 aromatic rings. The zero-order valence-electron chi connectivity index (χ0n) is 27.5. The average Bonchev–Trinajstić information content (AvgIpc) is 2.88. The Labute approximate surface area is 253 Å². The van der Waals surface area contributed by atoms with Crippen molar-refractivity contribution < 1.29 is 23.9 Å². The maximum atomic E-state index is 13.8. The summed E-state index contributed by atoms with van der Waals surface area (Å²) in [6.45, 7) is 17.7. The molecule has 0 heterocycles. The molecule has 42 heavy (non-hydrogen) atoms. The van der Waals surface area contributed by atoms with Gasteiger partial charge >= 0.3 is 5.97 Å². The number of carbonyl (C=O) groups is 4. The first-order valence-corrected chi connectivity index (χ1v) is 15.4. The summed E-state index contributed by atoms with van der Waals surface area (Å²) in [4.78, 5) is 54.9. The molecule has 0 saturated carbocycles. The molecule has 9 nitrogen and oxygen atoms in total. The minimum Gasteiger partial charge on any atom is -0.451 e. The molecule has 0 radical (unpaired) electrons. The second-order valence-electron chi connectivity index (χ2n) is 13.2. The topological polar surface area (TPSA) is 131 Å². The van der Waals surface area contributed by atoms with Crippen LogP contribution in [0.5, 0.6) is 0 Å². The Bertz CT molecular complexity index is 995. The van der Waals surface area contributed by atoms with Gasteiger partial charge in [0.1, 0.15) is 18.1 Å². The van der Waals surface area contributed by atoms with Crippen molar-refractivity contribution >= 4 is 23.7 Å². The molecular formula is C33H56N4O5. The summed E-state index contributed by atoms with van der Waals surface area (Å²) in [6.07, 6.45) is 0.675. The summed E-state index contributed by atoms with van der Waals surface area (Å²) in [5.74, 6) is -1.42. The maximum absolute atomic E-state index is 13.8. The molecule has 4 N–H and O–H groups in total. The van der Waals surface area contributed by atoms with E-state index in [0.29, 0.717) is 12.3 Å². The average molecular weight is 589 g/mol. The number of ether oxygens (including phenoxy) is 1. The highest BCUT2D eigenvalue weighted by Crippen LogP contribution is 2.18. The third-order valence-corrected chi connectivity index (χ3v) is 7.09. The zero-order chi connectivity index (χ0) is 32.1. The van der Waals surface area contributed by atoms with E-state index in [2.05, 4.69) is 24.5 Å². The van der Waals surface area contributed by atoms with Gasteiger partial charge in [0.2, 0.25) is 11.8 Å². The highest BCUT2D eigenvalue weighted by Gasteiger charge is 2.37. The number of nitrogens with one attached hydrogen (secondary N) is 2. The molecule has 1 rings (SSSR count).